The second-order valence-electron chi connectivity index (χ2n) is 5.18. The molecule has 0 fully saturated rings. The number of halogens is 2. The highest BCUT2D eigenvalue weighted by molar-refractivity contribution is 4.94. The van der Waals surface area contributed by atoms with Crippen LogP contribution in [0.4, 0.5) is 8.78 Å². The van der Waals surface area contributed by atoms with E-state index in [4.69, 9.17) is 11.5 Å². The average Bonchev–Trinajstić information content (AvgIpc) is 2.13. The van der Waals surface area contributed by atoms with E-state index in [1.165, 1.54) is 0 Å². The molecular formula is C11H24F2N2O. The highest BCUT2D eigenvalue weighted by Gasteiger charge is 2.48. The molecule has 0 radical (unpaired) electrons. The molecule has 0 aromatic carbocycles. The van der Waals surface area contributed by atoms with Crippen LogP contribution in [-0.2, 0) is 0 Å². The van der Waals surface area contributed by atoms with Crippen molar-refractivity contribution in [3.63, 3.8) is 0 Å². The summed E-state index contributed by atoms with van der Waals surface area (Å²) in [5.41, 5.74) is 11.0. The monoisotopic (exact) mass is 238 g/mol. The minimum absolute atomic E-state index is 0.163. The third-order valence-electron chi connectivity index (χ3n) is 2.71. The van der Waals surface area contributed by atoms with E-state index >= 15 is 0 Å². The minimum Gasteiger partial charge on any atom is -0.385 e. The molecule has 0 rings (SSSR count). The Bertz CT molecular complexity index is 210. The van der Waals surface area contributed by atoms with Crippen LogP contribution in [0.5, 0.6) is 0 Å². The molecule has 0 aliphatic carbocycles. The quantitative estimate of drug-likeness (QED) is 0.654. The average molecular weight is 238 g/mol. The SMILES string of the molecule is CC(C)CC(N)C(O)C(F)(F)C(N)C(C)C. The van der Waals surface area contributed by atoms with E-state index in [2.05, 4.69) is 0 Å². The highest BCUT2D eigenvalue weighted by Crippen LogP contribution is 2.29. The maximum atomic E-state index is 13.7. The zero-order valence-electron chi connectivity index (χ0n) is 10.5. The van der Waals surface area contributed by atoms with E-state index in [0.717, 1.165) is 0 Å². The van der Waals surface area contributed by atoms with Gasteiger partial charge in [-0.2, -0.15) is 0 Å². The largest absolute Gasteiger partial charge is 0.385 e. The molecule has 0 saturated heterocycles. The first-order valence-electron chi connectivity index (χ1n) is 5.67. The van der Waals surface area contributed by atoms with Crippen LogP contribution in [0.1, 0.15) is 34.1 Å². The summed E-state index contributed by atoms with van der Waals surface area (Å²) in [6, 6.07) is -2.32. The van der Waals surface area contributed by atoms with Crippen molar-refractivity contribution in [1.29, 1.82) is 0 Å². The number of hydrogen-bond acceptors (Lipinski definition) is 3. The van der Waals surface area contributed by atoms with Gasteiger partial charge < -0.3 is 16.6 Å². The molecule has 3 unspecified atom stereocenters. The third kappa shape index (κ3) is 3.96. The van der Waals surface area contributed by atoms with Gasteiger partial charge in [-0.3, -0.25) is 0 Å². The van der Waals surface area contributed by atoms with Crippen LogP contribution in [0.15, 0.2) is 0 Å². The van der Waals surface area contributed by atoms with E-state index < -0.39 is 30.0 Å². The van der Waals surface area contributed by atoms with Crippen LogP contribution >= 0.6 is 0 Å². The first-order chi connectivity index (χ1) is 7.10. The zero-order valence-corrected chi connectivity index (χ0v) is 10.5. The lowest BCUT2D eigenvalue weighted by Crippen LogP contribution is -2.58. The minimum atomic E-state index is -3.34. The van der Waals surface area contributed by atoms with Crippen LogP contribution < -0.4 is 11.5 Å². The molecular weight excluding hydrogens is 214 g/mol. The summed E-state index contributed by atoms with van der Waals surface area (Å²) in [6.45, 7) is 6.93. The number of nitrogens with two attached hydrogens (primary N) is 2. The Labute approximate surface area is 96.2 Å². The van der Waals surface area contributed by atoms with Crippen molar-refractivity contribution in [1.82, 2.24) is 0 Å². The molecule has 0 heterocycles. The summed E-state index contributed by atoms with van der Waals surface area (Å²) >= 11 is 0. The predicted molar refractivity (Wildman–Crippen MR) is 61.2 cm³/mol. The molecule has 0 aliphatic heterocycles. The topological polar surface area (TPSA) is 72.3 Å². The van der Waals surface area contributed by atoms with Gasteiger partial charge in [-0.15, -0.1) is 0 Å². The van der Waals surface area contributed by atoms with Gasteiger partial charge in [-0.05, 0) is 18.3 Å². The van der Waals surface area contributed by atoms with Crippen molar-refractivity contribution in [3.05, 3.63) is 0 Å². The van der Waals surface area contributed by atoms with Crippen LogP contribution in [0.3, 0.4) is 0 Å². The summed E-state index contributed by atoms with van der Waals surface area (Å²) < 4.78 is 27.4. The number of aliphatic hydroxyl groups is 1. The molecule has 98 valence electrons. The lowest BCUT2D eigenvalue weighted by atomic mass is 9.89. The van der Waals surface area contributed by atoms with E-state index in [-0.39, 0.29) is 5.92 Å². The molecule has 0 aliphatic rings. The van der Waals surface area contributed by atoms with E-state index in [1.54, 1.807) is 13.8 Å². The molecule has 0 saturated carbocycles. The number of hydrogen-bond donors (Lipinski definition) is 3. The molecule has 16 heavy (non-hydrogen) atoms. The Morgan fingerprint density at radius 1 is 1.12 bits per heavy atom. The Kier molecular flexibility index (Phi) is 5.79. The lowest BCUT2D eigenvalue weighted by molar-refractivity contribution is -0.141. The van der Waals surface area contributed by atoms with Crippen molar-refractivity contribution in [2.75, 3.05) is 0 Å². The fourth-order valence-corrected chi connectivity index (χ4v) is 1.60. The number of alkyl halides is 2. The number of rotatable bonds is 6. The Hall–Kier alpha value is -0.260. The van der Waals surface area contributed by atoms with Gasteiger partial charge in [0.15, 0.2) is 0 Å². The van der Waals surface area contributed by atoms with Gasteiger partial charge in [0.25, 0.3) is 5.92 Å². The highest BCUT2D eigenvalue weighted by atomic mass is 19.3. The van der Waals surface area contributed by atoms with E-state index in [9.17, 15) is 13.9 Å². The summed E-state index contributed by atoms with van der Waals surface area (Å²) in [7, 11) is 0. The Morgan fingerprint density at radius 3 is 1.88 bits per heavy atom. The molecule has 0 bridgehead atoms. The summed E-state index contributed by atoms with van der Waals surface area (Å²) in [5.74, 6) is -3.59. The third-order valence-corrected chi connectivity index (χ3v) is 2.71. The Balaban J connectivity index is 4.61. The summed E-state index contributed by atoms with van der Waals surface area (Å²) in [6.07, 6.45) is -1.53. The zero-order chi connectivity index (χ0) is 13.1. The first-order valence-corrected chi connectivity index (χ1v) is 5.67. The van der Waals surface area contributed by atoms with Gasteiger partial charge in [-0.1, -0.05) is 27.7 Å². The second-order valence-corrected chi connectivity index (χ2v) is 5.18. The standard InChI is InChI=1S/C11H24F2N2O/c1-6(2)5-8(14)10(16)11(12,13)9(15)7(3)4/h6-10,16H,5,14-15H2,1-4H3. The van der Waals surface area contributed by atoms with Crippen molar-refractivity contribution in [2.24, 2.45) is 23.3 Å². The van der Waals surface area contributed by atoms with Crippen molar-refractivity contribution >= 4 is 0 Å². The van der Waals surface area contributed by atoms with Gasteiger partial charge >= 0.3 is 0 Å². The Morgan fingerprint density at radius 2 is 1.56 bits per heavy atom. The first kappa shape index (κ1) is 15.7. The molecule has 5 heteroatoms. The maximum Gasteiger partial charge on any atom is 0.289 e. The molecule has 5 N–H and O–H groups in total. The molecule has 0 aromatic heterocycles. The van der Waals surface area contributed by atoms with Crippen molar-refractivity contribution in [3.8, 4) is 0 Å². The van der Waals surface area contributed by atoms with Gasteiger partial charge in [-0.25, -0.2) is 8.78 Å². The van der Waals surface area contributed by atoms with Gasteiger partial charge in [0, 0.05) is 6.04 Å². The van der Waals surface area contributed by atoms with E-state index in [1.807, 2.05) is 13.8 Å². The normalized spacial score (nSPS) is 18.9. The maximum absolute atomic E-state index is 13.7. The predicted octanol–water partition coefficient (Wildman–Crippen LogP) is 1.34. The van der Waals surface area contributed by atoms with E-state index in [0.29, 0.717) is 6.42 Å². The summed E-state index contributed by atoms with van der Waals surface area (Å²) in [5, 5.41) is 9.56. The fourth-order valence-electron chi connectivity index (χ4n) is 1.60. The van der Waals surface area contributed by atoms with Gasteiger partial charge in [0.1, 0.15) is 6.10 Å². The fraction of sp³-hybridized carbons (Fsp3) is 1.00. The van der Waals surface area contributed by atoms with Crippen LogP contribution in [0.25, 0.3) is 0 Å². The molecule has 3 nitrogen and oxygen atoms in total. The molecule has 0 amide bonds. The lowest BCUT2D eigenvalue weighted by Gasteiger charge is -2.33. The number of aliphatic hydroxyl groups excluding tert-OH is 1. The summed E-state index contributed by atoms with van der Waals surface area (Å²) in [4.78, 5) is 0. The van der Waals surface area contributed by atoms with Crippen LogP contribution in [-0.4, -0.2) is 29.2 Å². The van der Waals surface area contributed by atoms with Crippen molar-refractivity contribution < 1.29 is 13.9 Å². The van der Waals surface area contributed by atoms with Crippen LogP contribution in [0.2, 0.25) is 0 Å². The van der Waals surface area contributed by atoms with Gasteiger partial charge in [0.05, 0.1) is 6.04 Å². The van der Waals surface area contributed by atoms with Gasteiger partial charge in [0.2, 0.25) is 0 Å². The van der Waals surface area contributed by atoms with Crippen molar-refractivity contribution in [2.45, 2.75) is 58.2 Å². The molecule has 0 aromatic rings. The smallest absolute Gasteiger partial charge is 0.289 e. The molecule has 0 spiro atoms. The van der Waals surface area contributed by atoms with Crippen LogP contribution in [0, 0.1) is 11.8 Å². The molecule has 3 atom stereocenters. The second kappa shape index (κ2) is 5.89.